The quantitative estimate of drug-likeness (QED) is 0.628. The monoisotopic (exact) mass is 369 g/mol. The van der Waals surface area contributed by atoms with Gasteiger partial charge in [0.25, 0.3) is 0 Å². The highest BCUT2D eigenvalue weighted by Gasteiger charge is 2.08. The average Bonchev–Trinajstić information content (AvgIpc) is 3.31. The Bertz CT molecular complexity index is 897. The lowest BCUT2D eigenvalue weighted by atomic mass is 10.1. The normalized spacial score (nSPS) is 11.6. The predicted molar refractivity (Wildman–Crippen MR) is 104 cm³/mol. The van der Waals surface area contributed by atoms with Crippen LogP contribution in [-0.2, 0) is 12.8 Å². The highest BCUT2D eigenvalue weighted by molar-refractivity contribution is 7.09. The minimum Gasteiger partial charge on any atom is -0.496 e. The molecule has 2 heterocycles. The van der Waals surface area contributed by atoms with Crippen LogP contribution in [0.3, 0.4) is 0 Å². The van der Waals surface area contributed by atoms with Gasteiger partial charge in [-0.2, -0.15) is 0 Å². The summed E-state index contributed by atoms with van der Waals surface area (Å²) in [6.07, 6.45) is 5.70. The van der Waals surface area contributed by atoms with Gasteiger partial charge in [-0.25, -0.2) is 4.98 Å². The van der Waals surface area contributed by atoms with Crippen LogP contribution >= 0.6 is 11.3 Å². The van der Waals surface area contributed by atoms with Gasteiger partial charge in [0, 0.05) is 29.7 Å². The maximum Gasteiger partial charge on any atom is 0.174 e. The van der Waals surface area contributed by atoms with Crippen LogP contribution in [0.2, 0.25) is 0 Å². The molecule has 6 nitrogen and oxygen atoms in total. The fourth-order valence-corrected chi connectivity index (χ4v) is 3.31. The van der Waals surface area contributed by atoms with E-state index in [1.54, 1.807) is 23.2 Å². The van der Waals surface area contributed by atoms with Crippen molar-refractivity contribution in [3.63, 3.8) is 0 Å². The number of ether oxygens (including phenoxy) is 1. The second-order valence-electron chi connectivity index (χ2n) is 6.21. The molecule has 0 aliphatic rings. The van der Waals surface area contributed by atoms with E-state index >= 15 is 0 Å². The molecule has 0 aliphatic carbocycles. The zero-order chi connectivity index (χ0) is 18.5. The van der Waals surface area contributed by atoms with E-state index in [9.17, 15) is 0 Å². The van der Waals surface area contributed by atoms with Crippen LogP contribution in [-0.4, -0.2) is 32.3 Å². The number of rotatable bonds is 7. The van der Waals surface area contributed by atoms with Gasteiger partial charge in [-0.1, -0.05) is 32.9 Å². The Morgan fingerprint density at radius 1 is 1.31 bits per heavy atom. The van der Waals surface area contributed by atoms with E-state index in [0.29, 0.717) is 5.92 Å². The molecule has 0 unspecified atom stereocenters. The number of thiazole rings is 1. The van der Waals surface area contributed by atoms with E-state index in [1.807, 2.05) is 31.2 Å². The van der Waals surface area contributed by atoms with Crippen LogP contribution in [0.15, 0.2) is 29.7 Å². The highest BCUT2D eigenvalue weighted by atomic mass is 32.1. The first-order valence-electron chi connectivity index (χ1n) is 8.68. The van der Waals surface area contributed by atoms with Crippen LogP contribution < -0.4 is 4.74 Å². The van der Waals surface area contributed by atoms with Gasteiger partial charge < -0.3 is 4.74 Å². The van der Waals surface area contributed by atoms with E-state index in [4.69, 9.17) is 4.74 Å². The van der Waals surface area contributed by atoms with Gasteiger partial charge in [-0.3, -0.25) is 0 Å². The number of nitrogens with zero attached hydrogens (tertiary/aromatic N) is 5. The van der Waals surface area contributed by atoms with E-state index in [2.05, 4.69) is 45.7 Å². The first-order valence-corrected chi connectivity index (χ1v) is 9.56. The van der Waals surface area contributed by atoms with Crippen LogP contribution in [0.25, 0.3) is 11.8 Å². The van der Waals surface area contributed by atoms with E-state index in [-0.39, 0.29) is 0 Å². The van der Waals surface area contributed by atoms with Crippen molar-refractivity contribution >= 4 is 17.4 Å². The van der Waals surface area contributed by atoms with Crippen LogP contribution in [0, 0.1) is 0 Å². The molecule has 26 heavy (non-hydrogen) atoms. The minimum absolute atomic E-state index is 0.470. The van der Waals surface area contributed by atoms with Crippen LogP contribution in [0.5, 0.6) is 5.75 Å². The van der Waals surface area contributed by atoms with Gasteiger partial charge in [-0.15, -0.1) is 26.3 Å². The molecule has 0 fully saturated rings. The van der Waals surface area contributed by atoms with Crippen LogP contribution in [0.1, 0.15) is 48.8 Å². The number of benzene rings is 1. The molecule has 0 spiro atoms. The molecule has 0 saturated heterocycles. The van der Waals surface area contributed by atoms with Gasteiger partial charge in [-0.05, 0) is 23.4 Å². The van der Waals surface area contributed by atoms with Crippen LogP contribution in [0.4, 0.5) is 0 Å². The molecule has 3 rings (SSSR count). The maximum atomic E-state index is 5.47. The first kappa shape index (κ1) is 18.3. The topological polar surface area (TPSA) is 65.7 Å². The Morgan fingerprint density at radius 2 is 2.15 bits per heavy atom. The van der Waals surface area contributed by atoms with Crippen molar-refractivity contribution in [2.75, 3.05) is 7.11 Å². The van der Waals surface area contributed by atoms with Crippen molar-refractivity contribution in [3.05, 3.63) is 51.7 Å². The molecule has 0 N–H and O–H groups in total. The van der Waals surface area contributed by atoms with Crippen molar-refractivity contribution in [1.82, 2.24) is 25.2 Å². The molecule has 1 aromatic carbocycles. The zero-order valence-corrected chi connectivity index (χ0v) is 16.3. The molecule has 0 atom stereocenters. The van der Waals surface area contributed by atoms with E-state index < -0.39 is 0 Å². The van der Waals surface area contributed by atoms with Gasteiger partial charge in [0.2, 0.25) is 0 Å². The molecule has 7 heteroatoms. The molecule has 0 radical (unpaired) electrons. The largest absolute Gasteiger partial charge is 0.496 e. The highest BCUT2D eigenvalue weighted by Crippen LogP contribution is 2.24. The summed E-state index contributed by atoms with van der Waals surface area (Å²) in [4.78, 5) is 6.21. The predicted octanol–water partition coefficient (Wildman–Crippen LogP) is 4.07. The molecule has 3 aromatic rings. The second-order valence-corrected chi connectivity index (χ2v) is 7.10. The zero-order valence-electron chi connectivity index (χ0n) is 15.5. The Labute approximate surface area is 157 Å². The lowest BCUT2D eigenvalue weighted by Crippen LogP contribution is -2.00. The summed E-state index contributed by atoms with van der Waals surface area (Å²) in [7, 11) is 1.67. The van der Waals surface area contributed by atoms with Crippen molar-refractivity contribution in [1.29, 1.82) is 0 Å². The summed E-state index contributed by atoms with van der Waals surface area (Å²) in [6.45, 7) is 6.33. The van der Waals surface area contributed by atoms with Crippen molar-refractivity contribution in [3.8, 4) is 11.4 Å². The molecule has 0 bridgehead atoms. The third-order valence-electron chi connectivity index (χ3n) is 3.90. The number of aromatic nitrogens is 5. The summed E-state index contributed by atoms with van der Waals surface area (Å²) in [5.41, 5.74) is 2.92. The Kier molecular flexibility index (Phi) is 5.78. The molecule has 136 valence electrons. The Morgan fingerprint density at radius 3 is 2.81 bits per heavy atom. The number of methoxy groups -OCH3 is 1. The summed E-state index contributed by atoms with van der Waals surface area (Å²) in [5.74, 6) is 2.00. The third-order valence-corrected chi connectivity index (χ3v) is 5.10. The lowest BCUT2D eigenvalue weighted by Gasteiger charge is -2.07. The summed E-state index contributed by atoms with van der Waals surface area (Å²) in [5, 5.41) is 15.8. The molecular weight excluding hydrogens is 346 g/mol. The standard InChI is InChI=1S/C19H23N5OS/c1-5-18-21-23-24(22-18)16-9-10-17(25-4)14(11-16)7-6-8-15-12-26-19(20-15)13(2)3/h6-7,9-13H,5,8H2,1-4H3/b7-6+. The summed E-state index contributed by atoms with van der Waals surface area (Å²) < 4.78 is 5.47. The first-order chi connectivity index (χ1) is 12.6. The molecule has 0 aliphatic heterocycles. The van der Waals surface area contributed by atoms with Crippen molar-refractivity contribution in [2.24, 2.45) is 0 Å². The lowest BCUT2D eigenvalue weighted by molar-refractivity contribution is 0.413. The minimum atomic E-state index is 0.470. The smallest absolute Gasteiger partial charge is 0.174 e. The fourth-order valence-electron chi connectivity index (χ4n) is 2.46. The fraction of sp³-hybridized carbons (Fsp3) is 0.368. The van der Waals surface area contributed by atoms with Gasteiger partial charge in [0.15, 0.2) is 5.82 Å². The number of aryl methyl sites for hydroxylation is 1. The van der Waals surface area contributed by atoms with E-state index in [1.165, 1.54) is 5.01 Å². The van der Waals surface area contributed by atoms with Gasteiger partial charge in [0.05, 0.1) is 23.5 Å². The number of hydrogen-bond donors (Lipinski definition) is 0. The number of allylic oxidation sites excluding steroid dienone is 1. The summed E-state index contributed by atoms with van der Waals surface area (Å²) in [6, 6.07) is 5.84. The maximum absolute atomic E-state index is 5.47. The molecule has 0 saturated carbocycles. The second kappa shape index (κ2) is 8.23. The average molecular weight is 369 g/mol. The van der Waals surface area contributed by atoms with E-state index in [0.717, 1.165) is 41.4 Å². The molecule has 2 aromatic heterocycles. The van der Waals surface area contributed by atoms with Gasteiger partial charge in [0.1, 0.15) is 5.75 Å². The molecular formula is C19H23N5OS. The Hall–Kier alpha value is -2.54. The number of tetrazole rings is 1. The SMILES string of the molecule is CCc1nnn(-c2ccc(OC)c(/C=C/Cc3csc(C(C)C)n3)c2)n1. The molecule has 0 amide bonds. The summed E-state index contributed by atoms with van der Waals surface area (Å²) >= 11 is 1.72. The third kappa shape index (κ3) is 4.16. The van der Waals surface area contributed by atoms with Crippen molar-refractivity contribution in [2.45, 2.75) is 39.5 Å². The Balaban J connectivity index is 1.79. The number of hydrogen-bond acceptors (Lipinski definition) is 6. The van der Waals surface area contributed by atoms with Gasteiger partial charge >= 0.3 is 0 Å². The van der Waals surface area contributed by atoms with Crippen molar-refractivity contribution < 1.29 is 4.74 Å².